The molecule has 30 atom stereocenters. The molecule has 32 nitrogen and oxygen atoms in total. The molecule has 19 N–H and O–H groups in total. The lowest BCUT2D eigenvalue weighted by molar-refractivity contribution is -0.405. The standard InChI is InChI=1S/C40H68N2O30/c1-9-19(50)24(55)27(58)37(62-9)70-32-18(42-11(3)49)35(61)63-16(8-47)31(32)69-36-17(41-10(2)48)23(54)30(15(7-46)67-36)68-40-34(72-39-29(60)26(57)21(52)13(5-44)65-39)33(22(53)14(6-45)66-40)71-38-28(59)25(56)20(51)12(4-43)64-38/h9,12-40,43-47,50-61H,4-8H2,1-3H3,(H,41,48)(H,42,49)/t9-,12+,13+,14+,15+,16+,17+,18+,19+,20+,21+,22+,23+,24+,25-,26-,27-,28-,29-,30+,31+,32+,33-,34-,35+,36-,37-,38-,39+,40+/m0/s1. The van der Waals surface area contributed by atoms with Crippen LogP contribution in [0.5, 0.6) is 0 Å². The summed E-state index contributed by atoms with van der Waals surface area (Å²) in [5.41, 5.74) is 0. The summed E-state index contributed by atoms with van der Waals surface area (Å²) >= 11 is 0. The number of aliphatic hydroxyl groups excluding tert-OH is 17. The summed E-state index contributed by atoms with van der Waals surface area (Å²) in [6.45, 7) is -1.66. The molecule has 6 aliphatic heterocycles. The Bertz CT molecular complexity index is 1730. The average Bonchev–Trinajstić information content (AvgIpc) is 3.34. The van der Waals surface area contributed by atoms with Gasteiger partial charge in [-0.3, -0.25) is 9.59 Å². The van der Waals surface area contributed by atoms with Gasteiger partial charge in [-0.2, -0.15) is 0 Å². The molecule has 6 rings (SSSR count). The second-order valence-electron chi connectivity index (χ2n) is 18.2. The summed E-state index contributed by atoms with van der Waals surface area (Å²) in [6.07, 6.45) is -53.2. The fourth-order valence-electron chi connectivity index (χ4n) is 9.23. The van der Waals surface area contributed by atoms with E-state index in [0.29, 0.717) is 0 Å². The van der Waals surface area contributed by atoms with Crippen molar-refractivity contribution >= 4 is 11.8 Å². The fraction of sp³-hybridized carbons (Fsp3) is 0.950. The molecule has 0 aromatic heterocycles. The van der Waals surface area contributed by atoms with Gasteiger partial charge in [-0.05, 0) is 6.92 Å². The first kappa shape index (κ1) is 59.1. The number of aliphatic hydroxyl groups is 17. The van der Waals surface area contributed by atoms with Crippen LogP contribution in [-0.4, -0.2) is 316 Å². The summed E-state index contributed by atoms with van der Waals surface area (Å²) < 4.78 is 64.4. The summed E-state index contributed by atoms with van der Waals surface area (Å²) in [7, 11) is 0. The molecule has 6 aliphatic rings. The van der Waals surface area contributed by atoms with Crippen LogP contribution in [-0.2, 0) is 61.7 Å². The van der Waals surface area contributed by atoms with E-state index in [4.69, 9.17) is 52.1 Å². The van der Waals surface area contributed by atoms with Gasteiger partial charge in [-0.1, -0.05) is 0 Å². The lowest BCUT2D eigenvalue weighted by Gasteiger charge is -2.52. The van der Waals surface area contributed by atoms with Gasteiger partial charge in [0.2, 0.25) is 11.8 Å². The van der Waals surface area contributed by atoms with Crippen molar-refractivity contribution in [1.82, 2.24) is 10.6 Å². The van der Waals surface area contributed by atoms with E-state index in [-0.39, 0.29) is 0 Å². The zero-order valence-corrected chi connectivity index (χ0v) is 38.8. The maximum Gasteiger partial charge on any atom is 0.217 e. The first-order valence-corrected chi connectivity index (χ1v) is 23.0. The number of ether oxygens (including phenoxy) is 11. The minimum absolute atomic E-state index is 0.775. The lowest BCUT2D eigenvalue weighted by Crippen LogP contribution is -2.71. The number of carbonyl (C=O) groups is 2. The summed E-state index contributed by atoms with van der Waals surface area (Å²) in [5, 5.41) is 187. The van der Waals surface area contributed by atoms with E-state index >= 15 is 0 Å². The van der Waals surface area contributed by atoms with Gasteiger partial charge in [-0.25, -0.2) is 0 Å². The Kier molecular flexibility index (Phi) is 20.8. The molecule has 72 heavy (non-hydrogen) atoms. The number of carbonyl (C=O) groups excluding carboxylic acids is 2. The molecule has 0 saturated carbocycles. The molecule has 2 amide bonds. The molecule has 0 radical (unpaired) electrons. The van der Waals surface area contributed by atoms with Crippen molar-refractivity contribution < 1.29 is 149 Å². The van der Waals surface area contributed by atoms with Crippen LogP contribution < -0.4 is 10.6 Å². The van der Waals surface area contributed by atoms with E-state index in [2.05, 4.69) is 10.6 Å². The summed E-state index contributed by atoms with van der Waals surface area (Å²) in [5.74, 6) is -1.65. The highest BCUT2D eigenvalue weighted by Crippen LogP contribution is 2.38. The predicted octanol–water partition coefficient (Wildman–Crippen LogP) is -12.8. The minimum atomic E-state index is -2.17. The molecular formula is C40H68N2O30. The van der Waals surface area contributed by atoms with Crippen molar-refractivity contribution in [3.8, 4) is 0 Å². The first-order valence-electron chi connectivity index (χ1n) is 23.0. The quantitative estimate of drug-likeness (QED) is 0.0643. The Balaban J connectivity index is 1.35. The smallest absolute Gasteiger partial charge is 0.217 e. The molecule has 0 bridgehead atoms. The predicted molar refractivity (Wildman–Crippen MR) is 221 cm³/mol. The molecule has 418 valence electrons. The van der Waals surface area contributed by atoms with E-state index in [0.717, 1.165) is 13.8 Å². The highest BCUT2D eigenvalue weighted by Gasteiger charge is 2.59. The Morgan fingerprint density at radius 1 is 0.361 bits per heavy atom. The van der Waals surface area contributed by atoms with Crippen molar-refractivity contribution in [2.45, 2.75) is 205 Å². The highest BCUT2D eigenvalue weighted by atomic mass is 16.8. The van der Waals surface area contributed by atoms with Gasteiger partial charge < -0.3 is 150 Å². The van der Waals surface area contributed by atoms with Crippen LogP contribution in [0.2, 0.25) is 0 Å². The molecule has 6 heterocycles. The summed E-state index contributed by atoms with van der Waals surface area (Å²) in [6, 6.07) is -3.47. The topological polar surface area (TPSA) is 504 Å². The van der Waals surface area contributed by atoms with Crippen molar-refractivity contribution in [3.63, 3.8) is 0 Å². The maximum atomic E-state index is 12.8. The monoisotopic (exact) mass is 1060 g/mol. The molecule has 0 aliphatic carbocycles. The van der Waals surface area contributed by atoms with E-state index in [1.54, 1.807) is 0 Å². The van der Waals surface area contributed by atoms with Gasteiger partial charge in [0.25, 0.3) is 0 Å². The second kappa shape index (κ2) is 25.3. The Morgan fingerprint density at radius 3 is 1.24 bits per heavy atom. The van der Waals surface area contributed by atoms with Gasteiger partial charge in [0.1, 0.15) is 140 Å². The number of rotatable bonds is 17. The number of nitrogens with one attached hydrogen (secondary N) is 2. The van der Waals surface area contributed by atoms with Crippen LogP contribution in [0, 0.1) is 0 Å². The van der Waals surface area contributed by atoms with E-state index in [9.17, 15) is 96.4 Å². The average molecular weight is 1060 g/mol. The number of amides is 2. The molecule has 0 aromatic rings. The SMILES string of the molecule is CC(=O)N[C@@H]1[C@@H](O[C@@H]2O[C@@H](C)[C@@H](O)[C@@H](O)[C@@H]2O)[C@H](O[C@@H]2O[C@H](CO)[C@@H](O[C@H]3O[C@H](CO)[C@@H](O)[C@H](O[C@@H]4O[C@H](CO)[C@@H](O)[C@H](O)[C@@H]4O)[C@@H]3O[C@H]3O[C@H](CO)[C@@H](O)[C@H](O)[C@@H]3O)[C@H](O)[C@H]2NC(C)=O)[C@@H](CO)O[C@H]1O. The van der Waals surface area contributed by atoms with Gasteiger partial charge in [0.05, 0.1) is 39.1 Å². The third kappa shape index (κ3) is 12.5. The fourth-order valence-corrected chi connectivity index (χ4v) is 9.23. The van der Waals surface area contributed by atoms with Gasteiger partial charge >= 0.3 is 0 Å². The largest absolute Gasteiger partial charge is 0.394 e. The molecular weight excluding hydrogens is 988 g/mol. The minimum Gasteiger partial charge on any atom is -0.394 e. The van der Waals surface area contributed by atoms with Gasteiger partial charge in [0, 0.05) is 13.8 Å². The van der Waals surface area contributed by atoms with Crippen LogP contribution in [0.3, 0.4) is 0 Å². The number of hydrogen-bond acceptors (Lipinski definition) is 30. The maximum absolute atomic E-state index is 12.8. The molecule has 0 spiro atoms. The van der Waals surface area contributed by atoms with Crippen LogP contribution in [0.15, 0.2) is 0 Å². The van der Waals surface area contributed by atoms with Crippen LogP contribution in [0.4, 0.5) is 0 Å². The number of hydrogen-bond donors (Lipinski definition) is 19. The first-order chi connectivity index (χ1) is 34.0. The zero-order chi connectivity index (χ0) is 53.2. The molecule has 6 saturated heterocycles. The van der Waals surface area contributed by atoms with Crippen molar-refractivity contribution in [3.05, 3.63) is 0 Å². The third-order valence-electron chi connectivity index (χ3n) is 13.2. The molecule has 0 unspecified atom stereocenters. The van der Waals surface area contributed by atoms with Crippen LogP contribution in [0.1, 0.15) is 20.8 Å². The summed E-state index contributed by atoms with van der Waals surface area (Å²) in [4.78, 5) is 25.3. The van der Waals surface area contributed by atoms with E-state index in [1.165, 1.54) is 6.92 Å². The van der Waals surface area contributed by atoms with E-state index in [1.807, 2.05) is 0 Å². The van der Waals surface area contributed by atoms with Crippen molar-refractivity contribution in [1.29, 1.82) is 0 Å². The van der Waals surface area contributed by atoms with Crippen LogP contribution >= 0.6 is 0 Å². The Hall–Kier alpha value is -2.18. The zero-order valence-electron chi connectivity index (χ0n) is 38.8. The Labute approximate surface area is 408 Å². The van der Waals surface area contributed by atoms with Crippen molar-refractivity contribution in [2.75, 3.05) is 33.0 Å². The highest BCUT2D eigenvalue weighted by molar-refractivity contribution is 5.73. The molecule has 32 heteroatoms. The van der Waals surface area contributed by atoms with E-state index < -0.39 is 229 Å². The third-order valence-corrected chi connectivity index (χ3v) is 13.2. The lowest BCUT2D eigenvalue weighted by atomic mass is 9.93. The molecule has 6 fully saturated rings. The Morgan fingerprint density at radius 2 is 0.736 bits per heavy atom. The van der Waals surface area contributed by atoms with Crippen LogP contribution in [0.25, 0.3) is 0 Å². The molecule has 0 aromatic carbocycles. The normalized spacial score (nSPS) is 50.3. The van der Waals surface area contributed by atoms with Gasteiger partial charge in [0.15, 0.2) is 37.7 Å². The second-order valence-corrected chi connectivity index (χ2v) is 18.2. The van der Waals surface area contributed by atoms with Crippen molar-refractivity contribution in [2.24, 2.45) is 0 Å². The van der Waals surface area contributed by atoms with Gasteiger partial charge in [-0.15, -0.1) is 0 Å².